The van der Waals surface area contributed by atoms with Crippen LogP contribution in [0, 0.1) is 24.2 Å². The van der Waals surface area contributed by atoms with E-state index in [1.54, 1.807) is 0 Å². The molecule has 1 fully saturated rings. The molecule has 2 heterocycles. The Morgan fingerprint density at radius 2 is 2.04 bits per heavy atom. The van der Waals surface area contributed by atoms with Gasteiger partial charge in [-0.05, 0) is 49.4 Å². The number of imidazole rings is 1. The summed E-state index contributed by atoms with van der Waals surface area (Å²) in [6.07, 6.45) is 6.86. The molecule has 4 heteroatoms. The van der Waals surface area contributed by atoms with Crippen LogP contribution in [-0.2, 0) is 0 Å². The molecular weight excluding hydrogens is 314 g/mol. The van der Waals surface area contributed by atoms with Gasteiger partial charge in [-0.25, -0.2) is 4.98 Å². The Hall–Kier alpha value is -1.99. The third-order valence-corrected chi connectivity index (χ3v) is 6.28. The number of hydrogen-bond donors (Lipinski definition) is 0. The molecule has 0 aliphatic heterocycles. The second kappa shape index (κ2) is 6.49. The molecule has 2 aromatic heterocycles. The van der Waals surface area contributed by atoms with E-state index in [2.05, 4.69) is 22.6 Å². The lowest BCUT2D eigenvalue weighted by Gasteiger charge is -2.21. The van der Waals surface area contributed by atoms with Crippen molar-refractivity contribution in [3.8, 4) is 6.07 Å². The van der Waals surface area contributed by atoms with Gasteiger partial charge in [-0.2, -0.15) is 5.26 Å². The van der Waals surface area contributed by atoms with Crippen molar-refractivity contribution in [2.45, 2.75) is 44.1 Å². The lowest BCUT2D eigenvalue weighted by atomic mass is 9.91. The van der Waals surface area contributed by atoms with Crippen LogP contribution >= 0.6 is 11.8 Å². The molecule has 0 spiro atoms. The molecular formula is C20H21N3S. The number of benzene rings is 1. The first kappa shape index (κ1) is 15.5. The highest BCUT2D eigenvalue weighted by Gasteiger charge is 2.18. The molecule has 1 aromatic carbocycles. The fraction of sp³-hybridized carbons (Fsp3) is 0.400. The third-order valence-electron chi connectivity index (χ3n) is 5.04. The third kappa shape index (κ3) is 2.67. The molecule has 0 amide bonds. The van der Waals surface area contributed by atoms with Gasteiger partial charge < -0.3 is 0 Å². The average Bonchev–Trinajstić information content (AvgIpc) is 3.00. The second-order valence-electron chi connectivity index (χ2n) is 6.73. The zero-order valence-corrected chi connectivity index (χ0v) is 14.8. The number of pyridine rings is 1. The van der Waals surface area contributed by atoms with Crippen LogP contribution in [0.25, 0.3) is 16.7 Å². The van der Waals surface area contributed by atoms with Gasteiger partial charge in [0.1, 0.15) is 6.07 Å². The fourth-order valence-electron chi connectivity index (χ4n) is 3.72. The molecule has 4 rings (SSSR count). The van der Waals surface area contributed by atoms with Gasteiger partial charge in [-0.1, -0.05) is 31.4 Å². The van der Waals surface area contributed by atoms with E-state index < -0.39 is 0 Å². The largest absolute Gasteiger partial charge is 0.286 e. The van der Waals surface area contributed by atoms with E-state index in [1.807, 2.05) is 36.9 Å². The summed E-state index contributed by atoms with van der Waals surface area (Å²) in [5.74, 6) is 1.98. The SMILES string of the molecule is Cc1cc(SCC2CCCCC2)n2c(nc3ccccc32)c1C#N. The highest BCUT2D eigenvalue weighted by atomic mass is 32.2. The van der Waals surface area contributed by atoms with Gasteiger partial charge in [0.15, 0.2) is 5.65 Å². The molecule has 0 bridgehead atoms. The molecule has 0 radical (unpaired) electrons. The number of rotatable bonds is 3. The summed E-state index contributed by atoms with van der Waals surface area (Å²) >= 11 is 1.92. The predicted molar refractivity (Wildman–Crippen MR) is 99.4 cm³/mol. The van der Waals surface area contributed by atoms with Crippen LogP contribution in [0.5, 0.6) is 0 Å². The van der Waals surface area contributed by atoms with Crippen LogP contribution in [-0.4, -0.2) is 15.1 Å². The number of para-hydroxylation sites is 2. The van der Waals surface area contributed by atoms with E-state index in [4.69, 9.17) is 4.98 Å². The zero-order chi connectivity index (χ0) is 16.5. The van der Waals surface area contributed by atoms with Crippen LogP contribution < -0.4 is 0 Å². The number of fused-ring (bicyclic) bond motifs is 3. The summed E-state index contributed by atoms with van der Waals surface area (Å²) < 4.78 is 2.17. The maximum atomic E-state index is 9.56. The van der Waals surface area contributed by atoms with Crippen molar-refractivity contribution >= 4 is 28.4 Å². The number of aromatic nitrogens is 2. The van der Waals surface area contributed by atoms with Crippen LogP contribution in [0.1, 0.15) is 43.2 Å². The minimum Gasteiger partial charge on any atom is -0.286 e. The van der Waals surface area contributed by atoms with Gasteiger partial charge in [-0.3, -0.25) is 4.40 Å². The maximum absolute atomic E-state index is 9.56. The van der Waals surface area contributed by atoms with Crippen molar-refractivity contribution < 1.29 is 0 Å². The minimum atomic E-state index is 0.688. The molecule has 3 nitrogen and oxygen atoms in total. The molecule has 1 aliphatic carbocycles. The first-order chi connectivity index (χ1) is 11.8. The summed E-state index contributed by atoms with van der Waals surface area (Å²) in [7, 11) is 0. The van der Waals surface area contributed by atoms with Crippen molar-refractivity contribution in [3.05, 3.63) is 41.5 Å². The van der Waals surface area contributed by atoms with E-state index in [0.717, 1.165) is 33.9 Å². The standard InChI is InChI=1S/C20H21N3S/c1-14-11-19(24-13-15-7-3-2-4-8-15)23-18-10-6-5-9-17(18)22-20(23)16(14)12-21/h5-6,9-11,15H,2-4,7-8,13H2,1H3. The van der Waals surface area contributed by atoms with Gasteiger partial charge in [0, 0.05) is 5.75 Å². The van der Waals surface area contributed by atoms with E-state index in [1.165, 1.54) is 37.1 Å². The lowest BCUT2D eigenvalue weighted by Crippen LogP contribution is -2.09. The molecule has 0 atom stereocenters. The van der Waals surface area contributed by atoms with Crippen LogP contribution in [0.4, 0.5) is 0 Å². The van der Waals surface area contributed by atoms with Gasteiger partial charge >= 0.3 is 0 Å². The van der Waals surface area contributed by atoms with Crippen molar-refractivity contribution in [3.63, 3.8) is 0 Å². The number of nitriles is 1. The number of aryl methyl sites for hydroxylation is 1. The summed E-state index contributed by atoms with van der Waals surface area (Å²) in [5.41, 5.74) is 4.55. The van der Waals surface area contributed by atoms with Crippen molar-refractivity contribution in [1.82, 2.24) is 9.38 Å². The van der Waals surface area contributed by atoms with E-state index in [0.29, 0.717) is 5.56 Å². The Morgan fingerprint density at radius 1 is 1.25 bits per heavy atom. The first-order valence-corrected chi connectivity index (χ1v) is 9.70. The molecule has 122 valence electrons. The highest BCUT2D eigenvalue weighted by Crippen LogP contribution is 2.33. The molecule has 1 saturated carbocycles. The normalized spacial score (nSPS) is 15.8. The molecule has 24 heavy (non-hydrogen) atoms. The molecule has 1 aliphatic rings. The van der Waals surface area contributed by atoms with Crippen molar-refractivity contribution in [2.24, 2.45) is 5.92 Å². The number of thioether (sulfide) groups is 1. The maximum Gasteiger partial charge on any atom is 0.157 e. The zero-order valence-electron chi connectivity index (χ0n) is 14.0. The topological polar surface area (TPSA) is 41.1 Å². The Bertz CT molecular complexity index is 929. The summed E-state index contributed by atoms with van der Waals surface area (Å²) in [5, 5.41) is 10.8. The summed E-state index contributed by atoms with van der Waals surface area (Å²) in [6, 6.07) is 12.7. The monoisotopic (exact) mass is 335 g/mol. The number of nitrogens with zero attached hydrogens (tertiary/aromatic N) is 3. The van der Waals surface area contributed by atoms with Crippen molar-refractivity contribution in [1.29, 1.82) is 5.26 Å². The highest BCUT2D eigenvalue weighted by molar-refractivity contribution is 7.99. The molecule has 0 saturated heterocycles. The lowest BCUT2D eigenvalue weighted by molar-refractivity contribution is 0.391. The van der Waals surface area contributed by atoms with E-state index >= 15 is 0 Å². The average molecular weight is 335 g/mol. The van der Waals surface area contributed by atoms with Crippen molar-refractivity contribution in [2.75, 3.05) is 5.75 Å². The van der Waals surface area contributed by atoms with Gasteiger partial charge in [-0.15, -0.1) is 11.8 Å². The van der Waals surface area contributed by atoms with E-state index in [-0.39, 0.29) is 0 Å². The first-order valence-electron chi connectivity index (χ1n) is 8.71. The van der Waals surface area contributed by atoms with Crippen LogP contribution in [0.15, 0.2) is 35.4 Å². The van der Waals surface area contributed by atoms with Gasteiger partial charge in [0.05, 0.1) is 21.6 Å². The second-order valence-corrected chi connectivity index (χ2v) is 7.77. The molecule has 0 unspecified atom stereocenters. The minimum absolute atomic E-state index is 0.688. The Morgan fingerprint density at radius 3 is 2.83 bits per heavy atom. The van der Waals surface area contributed by atoms with Crippen LogP contribution in [0.3, 0.4) is 0 Å². The summed E-state index contributed by atoms with van der Waals surface area (Å²) in [6.45, 7) is 2.02. The van der Waals surface area contributed by atoms with Gasteiger partial charge in [0.2, 0.25) is 0 Å². The quantitative estimate of drug-likeness (QED) is 0.607. The predicted octanol–water partition coefficient (Wildman–Crippen LogP) is 5.34. The van der Waals surface area contributed by atoms with E-state index in [9.17, 15) is 5.26 Å². The Labute approximate surface area is 146 Å². The van der Waals surface area contributed by atoms with Crippen LogP contribution in [0.2, 0.25) is 0 Å². The fourth-order valence-corrected chi connectivity index (χ4v) is 5.03. The molecule has 0 N–H and O–H groups in total. The smallest absolute Gasteiger partial charge is 0.157 e. The molecule has 3 aromatic rings. The summed E-state index contributed by atoms with van der Waals surface area (Å²) in [4.78, 5) is 4.73. The van der Waals surface area contributed by atoms with Gasteiger partial charge in [0.25, 0.3) is 0 Å². The Balaban J connectivity index is 1.80. The Kier molecular flexibility index (Phi) is 4.20. The number of hydrogen-bond acceptors (Lipinski definition) is 3.